The maximum atomic E-state index is 13.5. The number of carbonyl (C=O) groups is 1. The van der Waals surface area contributed by atoms with Gasteiger partial charge in [0.1, 0.15) is 0 Å². The van der Waals surface area contributed by atoms with E-state index in [9.17, 15) is 41.1 Å². The van der Waals surface area contributed by atoms with Gasteiger partial charge in [-0.05, 0) is 64.2 Å². The average molecular weight is 445 g/mol. The van der Waals surface area contributed by atoms with E-state index in [0.717, 1.165) is 0 Å². The van der Waals surface area contributed by atoms with E-state index in [2.05, 4.69) is 0 Å². The van der Waals surface area contributed by atoms with E-state index in [1.165, 1.54) is 0 Å². The third kappa shape index (κ3) is 4.72. The predicted molar refractivity (Wildman–Crippen MR) is 94.4 cm³/mol. The highest BCUT2D eigenvalue weighted by Crippen LogP contribution is 2.61. The van der Waals surface area contributed by atoms with Gasteiger partial charge in [-0.1, -0.05) is 0 Å². The Kier molecular flexibility index (Phi) is 6.43. The van der Waals surface area contributed by atoms with E-state index in [1.54, 1.807) is 27.7 Å². The van der Waals surface area contributed by atoms with Crippen molar-refractivity contribution in [2.75, 3.05) is 6.61 Å². The molecule has 0 radical (unpaired) electrons. The summed E-state index contributed by atoms with van der Waals surface area (Å²) in [4.78, 5) is 12.4. The van der Waals surface area contributed by atoms with Crippen LogP contribution in [0.15, 0.2) is 0 Å². The Balaban J connectivity index is 2.02. The van der Waals surface area contributed by atoms with Gasteiger partial charge in [0.25, 0.3) is 0 Å². The lowest BCUT2D eigenvalue weighted by Gasteiger charge is -2.46. The highest BCUT2D eigenvalue weighted by molar-refractivity contribution is 7.86. The van der Waals surface area contributed by atoms with Gasteiger partial charge in [0.2, 0.25) is 0 Å². The zero-order valence-electron chi connectivity index (χ0n) is 16.8. The molecular formula is C18H28F3O7S-. The van der Waals surface area contributed by atoms with Crippen LogP contribution in [0.2, 0.25) is 0 Å². The number of rotatable bonds is 8. The molecule has 0 amide bonds. The van der Waals surface area contributed by atoms with Crippen molar-refractivity contribution in [3.8, 4) is 0 Å². The molecule has 0 aromatic carbocycles. The minimum absolute atomic E-state index is 0.0437. The van der Waals surface area contributed by atoms with Gasteiger partial charge >= 0.3 is 11.2 Å². The molecule has 0 aromatic heterocycles. The van der Waals surface area contributed by atoms with E-state index in [-0.39, 0.29) is 17.8 Å². The molecule has 170 valence electrons. The van der Waals surface area contributed by atoms with Gasteiger partial charge in [-0.25, -0.2) is 12.8 Å². The van der Waals surface area contributed by atoms with Crippen molar-refractivity contribution >= 4 is 16.1 Å². The third-order valence-electron chi connectivity index (χ3n) is 6.25. The van der Waals surface area contributed by atoms with Crippen LogP contribution in [0.1, 0.15) is 47.0 Å². The van der Waals surface area contributed by atoms with Crippen molar-refractivity contribution in [2.45, 2.75) is 69.6 Å². The van der Waals surface area contributed by atoms with Crippen molar-refractivity contribution in [3.63, 3.8) is 0 Å². The fourth-order valence-electron chi connectivity index (χ4n) is 5.31. The van der Waals surface area contributed by atoms with Crippen molar-refractivity contribution in [3.05, 3.63) is 0 Å². The number of hydrogen-bond donors (Lipinski definition) is 2. The molecule has 0 spiro atoms. The van der Waals surface area contributed by atoms with Crippen LogP contribution in [0.5, 0.6) is 0 Å². The van der Waals surface area contributed by atoms with Crippen LogP contribution in [0.4, 0.5) is 13.2 Å². The highest BCUT2D eigenvalue weighted by Gasteiger charge is 2.62. The largest absolute Gasteiger partial charge is 0.743 e. The number of ether oxygens (including phenoxy) is 1. The molecule has 6 unspecified atom stereocenters. The average Bonchev–Trinajstić information content (AvgIpc) is 3.10. The Morgan fingerprint density at radius 3 is 2.10 bits per heavy atom. The fourth-order valence-corrected chi connectivity index (χ4v) is 5.74. The molecule has 2 aliphatic rings. The van der Waals surface area contributed by atoms with Gasteiger partial charge in [0.15, 0.2) is 16.3 Å². The number of aliphatic hydroxyl groups is 2. The molecule has 29 heavy (non-hydrogen) atoms. The molecule has 2 bridgehead atoms. The van der Waals surface area contributed by atoms with Gasteiger partial charge in [0.05, 0.1) is 23.7 Å². The van der Waals surface area contributed by atoms with Gasteiger partial charge < -0.3 is 19.5 Å². The number of alkyl halides is 3. The lowest BCUT2D eigenvalue weighted by atomic mass is 9.63. The monoisotopic (exact) mass is 445 g/mol. The number of carbonyl (C=O) groups excluding carboxylic acids is 1. The number of esters is 1. The quantitative estimate of drug-likeness (QED) is 0.431. The minimum atomic E-state index is -6.17. The summed E-state index contributed by atoms with van der Waals surface area (Å²) in [6, 6.07) is 0. The van der Waals surface area contributed by atoms with E-state index in [4.69, 9.17) is 4.74 Å². The summed E-state index contributed by atoms with van der Waals surface area (Å²) >= 11 is 0. The Labute approximate surface area is 168 Å². The molecular weight excluding hydrogens is 417 g/mol. The van der Waals surface area contributed by atoms with Crippen molar-refractivity contribution in [1.29, 1.82) is 0 Å². The summed E-state index contributed by atoms with van der Waals surface area (Å²) in [7, 11) is -6.17. The Bertz CT molecular complexity index is 727. The Morgan fingerprint density at radius 2 is 1.66 bits per heavy atom. The third-order valence-corrected chi connectivity index (χ3v) is 7.17. The molecule has 2 aliphatic carbocycles. The predicted octanol–water partition coefficient (Wildman–Crippen LogP) is 1.83. The Morgan fingerprint density at radius 1 is 1.14 bits per heavy atom. The van der Waals surface area contributed by atoms with E-state index < -0.39 is 63.6 Å². The summed E-state index contributed by atoms with van der Waals surface area (Å²) in [6.45, 7) is 5.69. The molecule has 2 saturated carbocycles. The van der Waals surface area contributed by atoms with Crippen molar-refractivity contribution < 1.29 is 45.9 Å². The van der Waals surface area contributed by atoms with Crippen LogP contribution >= 0.6 is 0 Å². The van der Waals surface area contributed by atoms with Crippen LogP contribution in [0.3, 0.4) is 0 Å². The van der Waals surface area contributed by atoms with Crippen LogP contribution in [0.25, 0.3) is 0 Å². The molecule has 2 rings (SSSR count). The maximum absolute atomic E-state index is 13.5. The van der Waals surface area contributed by atoms with Crippen LogP contribution in [-0.4, -0.2) is 58.4 Å². The van der Waals surface area contributed by atoms with E-state index in [1.807, 2.05) is 0 Å². The first-order chi connectivity index (χ1) is 12.9. The summed E-state index contributed by atoms with van der Waals surface area (Å²) in [5.74, 6) is -2.37. The SMILES string of the molecule is CC(C)(O)C1C2CC(C(=O)OCCC(F)C(F)(F)S(=O)(=O)[O-])C(C2)C1C(C)(C)O. The molecule has 0 saturated heterocycles. The molecule has 0 aliphatic heterocycles. The lowest BCUT2D eigenvalue weighted by Crippen LogP contribution is -2.51. The molecule has 7 nitrogen and oxygen atoms in total. The van der Waals surface area contributed by atoms with Crippen LogP contribution < -0.4 is 0 Å². The molecule has 6 atom stereocenters. The molecule has 2 fully saturated rings. The second-order valence-electron chi connectivity index (χ2n) is 9.30. The maximum Gasteiger partial charge on any atom is 0.364 e. The van der Waals surface area contributed by atoms with Crippen molar-refractivity contribution in [1.82, 2.24) is 0 Å². The van der Waals surface area contributed by atoms with Crippen molar-refractivity contribution in [2.24, 2.45) is 29.6 Å². The summed E-state index contributed by atoms with van der Waals surface area (Å²) in [5, 5.41) is 16.0. The first-order valence-electron chi connectivity index (χ1n) is 9.47. The van der Waals surface area contributed by atoms with Gasteiger partial charge in [-0.3, -0.25) is 4.79 Å². The van der Waals surface area contributed by atoms with Crippen LogP contribution in [0, 0.1) is 29.6 Å². The summed E-state index contributed by atoms with van der Waals surface area (Å²) in [5.41, 5.74) is -2.26. The first-order valence-corrected chi connectivity index (χ1v) is 10.9. The number of fused-ring (bicyclic) bond motifs is 2. The summed E-state index contributed by atoms with van der Waals surface area (Å²) in [6.07, 6.45) is -3.46. The zero-order valence-corrected chi connectivity index (χ0v) is 17.6. The lowest BCUT2D eigenvalue weighted by molar-refractivity contribution is -0.159. The number of hydrogen-bond acceptors (Lipinski definition) is 7. The van der Waals surface area contributed by atoms with E-state index >= 15 is 0 Å². The summed E-state index contributed by atoms with van der Waals surface area (Å²) < 4.78 is 75.9. The fraction of sp³-hybridized carbons (Fsp3) is 0.944. The zero-order chi connectivity index (χ0) is 22.6. The number of halogens is 3. The van der Waals surface area contributed by atoms with Crippen LogP contribution in [-0.2, 0) is 19.6 Å². The second-order valence-corrected chi connectivity index (χ2v) is 10.8. The van der Waals surface area contributed by atoms with Gasteiger partial charge in [-0.15, -0.1) is 0 Å². The highest BCUT2D eigenvalue weighted by atomic mass is 32.2. The first kappa shape index (κ1) is 24.4. The molecule has 0 aromatic rings. The molecule has 2 N–H and O–H groups in total. The minimum Gasteiger partial charge on any atom is -0.743 e. The normalized spacial score (nSPS) is 31.7. The van der Waals surface area contributed by atoms with Gasteiger partial charge in [-0.2, -0.15) is 8.78 Å². The Hall–Kier alpha value is -0.910. The molecule has 11 heteroatoms. The second kappa shape index (κ2) is 7.65. The smallest absolute Gasteiger partial charge is 0.364 e. The van der Waals surface area contributed by atoms with E-state index in [0.29, 0.717) is 12.8 Å². The standard InChI is InChI=1S/C18H29F3O7S/c1-16(2,23)13-9-7-10(14(13)17(3,4)24)11(8-9)15(22)28-6-5-12(19)18(20,21)29(25,26)27/h9-14,23-24H,5-8H2,1-4H3,(H,25,26,27)/p-1. The topological polar surface area (TPSA) is 124 Å². The molecule has 0 heterocycles. The van der Waals surface area contributed by atoms with Gasteiger partial charge in [0, 0.05) is 6.42 Å².